The van der Waals surface area contributed by atoms with Crippen LogP contribution in [0.4, 0.5) is 4.39 Å². The Labute approximate surface area is 96.5 Å². The third-order valence-electron chi connectivity index (χ3n) is 2.31. The average Bonchev–Trinajstić information content (AvgIpc) is 2.27. The molecule has 0 aliphatic heterocycles. The Morgan fingerprint density at radius 2 is 2.06 bits per heavy atom. The van der Waals surface area contributed by atoms with Gasteiger partial charge in [0.25, 0.3) is 0 Å². The average molecular weight is 235 g/mol. The summed E-state index contributed by atoms with van der Waals surface area (Å²) in [5, 5.41) is 3.01. The lowest BCUT2D eigenvalue weighted by molar-refractivity contribution is -0.150. The van der Waals surface area contributed by atoms with Gasteiger partial charge >= 0.3 is 5.97 Å². The summed E-state index contributed by atoms with van der Waals surface area (Å²) in [6.07, 6.45) is -0.820. The number of halogens is 1. The van der Waals surface area contributed by atoms with E-state index < -0.39 is 18.2 Å². The first-order chi connectivity index (χ1) is 7.56. The summed E-state index contributed by atoms with van der Waals surface area (Å²) in [4.78, 5) is 11.1. The van der Waals surface area contributed by atoms with E-state index >= 15 is 0 Å². The molecule has 0 heterocycles. The lowest BCUT2D eigenvalue weighted by atomic mass is 10.1. The maximum absolute atomic E-state index is 13.5. The fourth-order valence-corrected chi connectivity index (χ4v) is 1.37. The number of alkyl halides is 1. The first kappa shape index (κ1) is 15.3. The molecule has 0 saturated heterocycles. The number of ether oxygens (including phenoxy) is 2. The zero-order chi connectivity index (χ0) is 12.6. The largest absolute Gasteiger partial charge is 0.464 e. The van der Waals surface area contributed by atoms with Gasteiger partial charge in [0.15, 0.2) is 0 Å². The van der Waals surface area contributed by atoms with E-state index in [-0.39, 0.29) is 12.6 Å². The van der Waals surface area contributed by atoms with Crippen LogP contribution in [0.2, 0.25) is 0 Å². The van der Waals surface area contributed by atoms with E-state index in [0.29, 0.717) is 6.61 Å². The maximum Gasteiger partial charge on any atom is 0.342 e. The second kappa shape index (κ2) is 8.47. The molecule has 0 rings (SSSR count). The second-order valence-electron chi connectivity index (χ2n) is 3.67. The molecular weight excluding hydrogens is 213 g/mol. The van der Waals surface area contributed by atoms with Gasteiger partial charge in [-0.05, 0) is 20.3 Å². The van der Waals surface area contributed by atoms with E-state index in [0.717, 1.165) is 6.42 Å². The highest BCUT2D eigenvalue weighted by molar-refractivity contribution is 5.75. The van der Waals surface area contributed by atoms with Crippen LogP contribution in [0.25, 0.3) is 0 Å². The predicted octanol–water partition coefficient (Wildman–Crippen LogP) is 1.29. The molecule has 96 valence electrons. The highest BCUT2D eigenvalue weighted by atomic mass is 19.1. The van der Waals surface area contributed by atoms with Crippen molar-refractivity contribution in [1.82, 2.24) is 5.32 Å². The molecule has 0 aromatic rings. The summed E-state index contributed by atoms with van der Waals surface area (Å²) < 4.78 is 23.1. The zero-order valence-electron chi connectivity index (χ0n) is 10.5. The molecule has 4 nitrogen and oxygen atoms in total. The van der Waals surface area contributed by atoms with Gasteiger partial charge in [-0.2, -0.15) is 0 Å². The third-order valence-corrected chi connectivity index (χ3v) is 2.31. The molecule has 0 spiro atoms. The number of methoxy groups -OCH3 is 1. The molecule has 0 bridgehead atoms. The van der Waals surface area contributed by atoms with E-state index in [4.69, 9.17) is 4.74 Å². The van der Waals surface area contributed by atoms with Crippen LogP contribution >= 0.6 is 0 Å². The Balaban J connectivity index is 4.10. The first-order valence-corrected chi connectivity index (χ1v) is 5.62. The van der Waals surface area contributed by atoms with Crippen molar-refractivity contribution in [2.75, 3.05) is 20.3 Å². The summed E-state index contributed by atoms with van der Waals surface area (Å²) in [6.45, 7) is 5.95. The molecule has 0 aliphatic carbocycles. The number of esters is 1. The van der Waals surface area contributed by atoms with E-state index in [9.17, 15) is 9.18 Å². The highest BCUT2D eigenvalue weighted by Crippen LogP contribution is 2.04. The Morgan fingerprint density at radius 3 is 2.50 bits per heavy atom. The second-order valence-corrected chi connectivity index (χ2v) is 3.67. The number of carbonyl (C=O) groups is 1. The van der Waals surface area contributed by atoms with Crippen LogP contribution in [-0.4, -0.2) is 44.5 Å². The van der Waals surface area contributed by atoms with Crippen LogP contribution in [-0.2, 0) is 14.3 Å². The van der Waals surface area contributed by atoms with Gasteiger partial charge in [0, 0.05) is 19.2 Å². The quantitative estimate of drug-likeness (QED) is 0.644. The number of rotatable bonds is 8. The summed E-state index contributed by atoms with van der Waals surface area (Å²) in [7, 11) is 1.59. The van der Waals surface area contributed by atoms with Gasteiger partial charge in [0.1, 0.15) is 0 Å². The molecule has 3 unspecified atom stereocenters. The molecule has 3 atom stereocenters. The van der Waals surface area contributed by atoms with E-state index in [2.05, 4.69) is 10.1 Å². The summed E-state index contributed by atoms with van der Waals surface area (Å²) in [6, 6.07) is -0.521. The van der Waals surface area contributed by atoms with E-state index in [1.165, 1.54) is 0 Å². The van der Waals surface area contributed by atoms with Gasteiger partial charge in [-0.25, -0.2) is 9.18 Å². The van der Waals surface area contributed by atoms with Crippen LogP contribution in [0.3, 0.4) is 0 Å². The van der Waals surface area contributed by atoms with Crippen LogP contribution in [0.5, 0.6) is 0 Å². The van der Waals surface area contributed by atoms with E-state index in [1.54, 1.807) is 21.0 Å². The SMILES string of the molecule is CCOC(=O)C(F)C(C)NC(CC)COC. The van der Waals surface area contributed by atoms with Gasteiger partial charge < -0.3 is 14.8 Å². The van der Waals surface area contributed by atoms with Crippen molar-refractivity contribution in [1.29, 1.82) is 0 Å². The normalized spacial score (nSPS) is 16.6. The van der Waals surface area contributed by atoms with Crippen LogP contribution in [0.1, 0.15) is 27.2 Å². The fraction of sp³-hybridized carbons (Fsp3) is 0.909. The Morgan fingerprint density at radius 1 is 1.44 bits per heavy atom. The fourth-order valence-electron chi connectivity index (χ4n) is 1.37. The maximum atomic E-state index is 13.5. The molecule has 0 amide bonds. The first-order valence-electron chi connectivity index (χ1n) is 5.62. The van der Waals surface area contributed by atoms with Crippen molar-refractivity contribution in [3.8, 4) is 0 Å². The van der Waals surface area contributed by atoms with Crippen molar-refractivity contribution in [2.24, 2.45) is 0 Å². The topological polar surface area (TPSA) is 47.6 Å². The van der Waals surface area contributed by atoms with Crippen molar-refractivity contribution >= 4 is 5.97 Å². The molecule has 0 saturated carbocycles. The predicted molar refractivity (Wildman–Crippen MR) is 60.1 cm³/mol. The standard InChI is InChI=1S/C11H22FNO3/c1-5-9(7-15-4)13-8(3)10(12)11(14)16-6-2/h8-10,13H,5-7H2,1-4H3. The molecule has 0 fully saturated rings. The molecule has 0 radical (unpaired) electrons. The molecule has 0 aromatic carbocycles. The molecule has 1 N–H and O–H groups in total. The highest BCUT2D eigenvalue weighted by Gasteiger charge is 2.27. The minimum atomic E-state index is -1.63. The van der Waals surface area contributed by atoms with Gasteiger partial charge in [0.2, 0.25) is 6.17 Å². The molecule has 5 heteroatoms. The van der Waals surface area contributed by atoms with Crippen LogP contribution in [0, 0.1) is 0 Å². The van der Waals surface area contributed by atoms with E-state index in [1.807, 2.05) is 6.92 Å². The zero-order valence-corrected chi connectivity index (χ0v) is 10.5. The molecule has 0 aromatic heterocycles. The Hall–Kier alpha value is -0.680. The summed E-state index contributed by atoms with van der Waals surface area (Å²) >= 11 is 0. The van der Waals surface area contributed by atoms with Crippen LogP contribution < -0.4 is 5.32 Å². The number of nitrogens with one attached hydrogen (secondary N) is 1. The minimum Gasteiger partial charge on any atom is -0.464 e. The third kappa shape index (κ3) is 5.42. The molecule has 0 aliphatic rings. The Kier molecular flexibility index (Phi) is 8.11. The molecule has 16 heavy (non-hydrogen) atoms. The van der Waals surface area contributed by atoms with Crippen molar-refractivity contribution in [2.45, 2.75) is 45.4 Å². The van der Waals surface area contributed by atoms with Gasteiger partial charge in [0.05, 0.1) is 13.2 Å². The lowest BCUT2D eigenvalue weighted by Gasteiger charge is -2.23. The van der Waals surface area contributed by atoms with Gasteiger partial charge in [-0.15, -0.1) is 0 Å². The number of carbonyl (C=O) groups excluding carboxylic acids is 1. The molecular formula is C11H22FNO3. The monoisotopic (exact) mass is 235 g/mol. The van der Waals surface area contributed by atoms with Crippen molar-refractivity contribution in [3.63, 3.8) is 0 Å². The van der Waals surface area contributed by atoms with Gasteiger partial charge in [-0.3, -0.25) is 0 Å². The minimum absolute atomic E-state index is 0.0488. The van der Waals surface area contributed by atoms with Crippen molar-refractivity contribution in [3.05, 3.63) is 0 Å². The van der Waals surface area contributed by atoms with Gasteiger partial charge in [-0.1, -0.05) is 6.92 Å². The summed E-state index contributed by atoms with van der Waals surface area (Å²) in [5.41, 5.74) is 0. The summed E-state index contributed by atoms with van der Waals surface area (Å²) in [5.74, 6) is -0.810. The van der Waals surface area contributed by atoms with Crippen molar-refractivity contribution < 1.29 is 18.7 Å². The lowest BCUT2D eigenvalue weighted by Crippen LogP contribution is -2.46. The number of hydrogen-bond donors (Lipinski definition) is 1. The smallest absolute Gasteiger partial charge is 0.342 e. The Bertz CT molecular complexity index is 202. The van der Waals surface area contributed by atoms with Crippen LogP contribution in [0.15, 0.2) is 0 Å². The number of hydrogen-bond acceptors (Lipinski definition) is 4.